The highest BCUT2D eigenvalue weighted by Gasteiger charge is 2.28. The van der Waals surface area contributed by atoms with Crippen LogP contribution in [0.25, 0.3) is 0 Å². The molecule has 0 amide bonds. The van der Waals surface area contributed by atoms with Crippen molar-refractivity contribution in [2.45, 2.75) is 18.9 Å². The number of nitrogens with zero attached hydrogens (tertiary/aromatic N) is 4. The van der Waals surface area contributed by atoms with Crippen molar-refractivity contribution in [2.75, 3.05) is 52.4 Å². The summed E-state index contributed by atoms with van der Waals surface area (Å²) >= 11 is 4.59. The van der Waals surface area contributed by atoms with Crippen LogP contribution in [-0.4, -0.2) is 111 Å². The third kappa shape index (κ3) is 8.81. The summed E-state index contributed by atoms with van der Waals surface area (Å²) in [4.78, 5) is 43.6. The fourth-order valence-corrected chi connectivity index (χ4v) is 3.83. The summed E-state index contributed by atoms with van der Waals surface area (Å²) in [6.45, 7) is 2.00. The highest BCUT2D eigenvalue weighted by Crippen LogP contribution is 2.16. The predicted molar refractivity (Wildman–Crippen MR) is 121 cm³/mol. The lowest BCUT2D eigenvalue weighted by atomic mass is 10.0. The van der Waals surface area contributed by atoms with Crippen LogP contribution in [0.2, 0.25) is 0 Å². The molecule has 0 saturated carbocycles. The molecule has 174 valence electrons. The van der Waals surface area contributed by atoms with Gasteiger partial charge in [0, 0.05) is 39.3 Å². The van der Waals surface area contributed by atoms with Crippen molar-refractivity contribution in [3.8, 4) is 0 Å². The molecule has 1 aliphatic heterocycles. The number of rotatable bonds is 10. The van der Waals surface area contributed by atoms with Gasteiger partial charge >= 0.3 is 17.9 Å². The molecule has 1 aromatic carbocycles. The van der Waals surface area contributed by atoms with Crippen LogP contribution in [-0.2, 0) is 20.8 Å². The molecule has 1 unspecified atom stereocenters. The van der Waals surface area contributed by atoms with Crippen molar-refractivity contribution in [1.29, 1.82) is 0 Å². The zero-order valence-electron chi connectivity index (χ0n) is 17.7. The van der Waals surface area contributed by atoms with Crippen LogP contribution in [0.1, 0.15) is 12.0 Å². The van der Waals surface area contributed by atoms with E-state index in [1.54, 1.807) is 21.9 Å². The van der Waals surface area contributed by atoms with Gasteiger partial charge in [0.1, 0.15) is 6.04 Å². The molecule has 0 spiro atoms. The number of isothiocyanates is 1. The number of benzene rings is 1. The van der Waals surface area contributed by atoms with Gasteiger partial charge in [-0.1, -0.05) is 12.1 Å². The Morgan fingerprint density at radius 2 is 1.41 bits per heavy atom. The van der Waals surface area contributed by atoms with Crippen LogP contribution in [0.5, 0.6) is 0 Å². The smallest absolute Gasteiger partial charge is 0.320 e. The molecule has 0 aliphatic carbocycles. The summed E-state index contributed by atoms with van der Waals surface area (Å²) in [6, 6.07) is 6.54. The van der Waals surface area contributed by atoms with Gasteiger partial charge in [-0.25, -0.2) is 0 Å². The molecule has 10 nitrogen and oxygen atoms in total. The van der Waals surface area contributed by atoms with Crippen molar-refractivity contribution < 1.29 is 29.7 Å². The second-order valence-electron chi connectivity index (χ2n) is 7.64. The first-order chi connectivity index (χ1) is 15.3. The molecule has 1 heterocycles. The molecule has 3 N–H and O–H groups in total. The van der Waals surface area contributed by atoms with E-state index in [0.29, 0.717) is 57.8 Å². The number of thiocarbonyl (C=S) groups is 1. The molecule has 1 aromatic rings. The van der Waals surface area contributed by atoms with E-state index >= 15 is 0 Å². The summed E-state index contributed by atoms with van der Waals surface area (Å²) < 4.78 is 0. The number of carboxylic acid groups (broad SMARTS) is 3. The van der Waals surface area contributed by atoms with Crippen LogP contribution in [0.15, 0.2) is 29.3 Å². The quantitative estimate of drug-likeness (QED) is 0.339. The van der Waals surface area contributed by atoms with Gasteiger partial charge in [-0.3, -0.25) is 29.1 Å². The first kappa shape index (κ1) is 25.6. The van der Waals surface area contributed by atoms with Crippen molar-refractivity contribution >= 4 is 41.0 Å². The third-order valence-electron chi connectivity index (χ3n) is 5.40. The Balaban J connectivity index is 2.11. The SMILES string of the molecule is O=C(O)CN1CCN(CC(=O)O)CCN(C(CCc2ccc(N=C=S)cc2)C(=O)O)CC1. The largest absolute Gasteiger partial charge is 0.480 e. The highest BCUT2D eigenvalue weighted by molar-refractivity contribution is 7.78. The number of aliphatic carboxylic acids is 3. The Kier molecular flexibility index (Phi) is 10.4. The molecule has 1 fully saturated rings. The van der Waals surface area contributed by atoms with E-state index in [9.17, 15) is 19.5 Å². The second-order valence-corrected chi connectivity index (χ2v) is 7.82. The zero-order valence-corrected chi connectivity index (χ0v) is 18.5. The third-order valence-corrected chi connectivity index (χ3v) is 5.49. The molecule has 1 atom stereocenters. The molecule has 32 heavy (non-hydrogen) atoms. The minimum Gasteiger partial charge on any atom is -0.480 e. The van der Waals surface area contributed by atoms with Crippen molar-refractivity contribution in [3.63, 3.8) is 0 Å². The Hall–Kier alpha value is -2.69. The fraction of sp³-hybridized carbons (Fsp3) is 0.524. The molecular formula is C21H28N4O6S. The number of carboxylic acids is 3. The zero-order chi connectivity index (χ0) is 23.5. The van der Waals surface area contributed by atoms with Crippen molar-refractivity contribution in [1.82, 2.24) is 14.7 Å². The Bertz CT molecular complexity index is 815. The van der Waals surface area contributed by atoms with E-state index < -0.39 is 23.9 Å². The second kappa shape index (κ2) is 13.0. The summed E-state index contributed by atoms with van der Waals surface area (Å²) in [7, 11) is 0. The van der Waals surface area contributed by atoms with E-state index in [-0.39, 0.29) is 13.1 Å². The molecule has 1 saturated heterocycles. The van der Waals surface area contributed by atoms with E-state index in [2.05, 4.69) is 22.4 Å². The molecular weight excluding hydrogens is 436 g/mol. The topological polar surface area (TPSA) is 134 Å². The van der Waals surface area contributed by atoms with Crippen molar-refractivity contribution in [3.05, 3.63) is 29.8 Å². The Labute approximate surface area is 191 Å². The molecule has 0 bridgehead atoms. The summed E-state index contributed by atoms with van der Waals surface area (Å²) in [5, 5.41) is 30.5. The molecule has 1 aliphatic rings. The summed E-state index contributed by atoms with van der Waals surface area (Å²) in [5.41, 5.74) is 1.64. The monoisotopic (exact) mass is 464 g/mol. The number of hydrogen-bond donors (Lipinski definition) is 3. The van der Waals surface area contributed by atoms with Gasteiger partial charge in [0.15, 0.2) is 0 Å². The Morgan fingerprint density at radius 1 is 0.906 bits per heavy atom. The van der Waals surface area contributed by atoms with E-state index in [0.717, 1.165) is 5.56 Å². The number of aryl methyl sites for hydroxylation is 1. The lowest BCUT2D eigenvalue weighted by Crippen LogP contribution is -2.47. The van der Waals surface area contributed by atoms with Gasteiger partial charge < -0.3 is 15.3 Å². The van der Waals surface area contributed by atoms with Crippen LogP contribution in [0.3, 0.4) is 0 Å². The van der Waals surface area contributed by atoms with E-state index in [1.165, 1.54) is 0 Å². The van der Waals surface area contributed by atoms with Crippen LogP contribution in [0.4, 0.5) is 5.69 Å². The lowest BCUT2D eigenvalue weighted by molar-refractivity contribution is -0.144. The van der Waals surface area contributed by atoms with Crippen LogP contribution < -0.4 is 0 Å². The maximum atomic E-state index is 12.1. The fourth-order valence-electron chi connectivity index (χ4n) is 3.72. The number of hydrogen-bond acceptors (Lipinski definition) is 8. The predicted octanol–water partition coefficient (Wildman–Crippen LogP) is 0.896. The van der Waals surface area contributed by atoms with Gasteiger partial charge in [0.2, 0.25) is 0 Å². The van der Waals surface area contributed by atoms with Gasteiger partial charge in [0.25, 0.3) is 0 Å². The molecule has 2 rings (SSSR count). The maximum Gasteiger partial charge on any atom is 0.320 e. The summed E-state index contributed by atoms with van der Waals surface area (Å²) in [6.07, 6.45) is 0.899. The molecule has 0 aromatic heterocycles. The average molecular weight is 465 g/mol. The number of aliphatic imine (C=N–C) groups is 1. The molecule has 11 heteroatoms. The Morgan fingerprint density at radius 3 is 1.84 bits per heavy atom. The van der Waals surface area contributed by atoms with Gasteiger partial charge in [-0.15, -0.1) is 0 Å². The summed E-state index contributed by atoms with van der Waals surface area (Å²) in [5.74, 6) is -2.91. The first-order valence-corrected chi connectivity index (χ1v) is 10.7. The normalized spacial score (nSPS) is 17.4. The lowest BCUT2D eigenvalue weighted by Gasteiger charge is -2.30. The molecule has 0 radical (unpaired) electrons. The van der Waals surface area contributed by atoms with Gasteiger partial charge in [-0.2, -0.15) is 4.99 Å². The maximum absolute atomic E-state index is 12.1. The van der Waals surface area contributed by atoms with Crippen molar-refractivity contribution in [2.24, 2.45) is 4.99 Å². The van der Waals surface area contributed by atoms with E-state index in [4.69, 9.17) is 10.2 Å². The minimum atomic E-state index is -0.975. The standard InChI is InChI=1S/C21H28N4O6S/c26-19(27)13-23-7-8-24(14-20(28)29)10-12-25(11-9-23)18(21(30)31)6-3-16-1-4-17(5-2-16)22-15-32/h1-2,4-5,18H,3,6-14H2,(H,26,27)(H,28,29)(H,30,31). The van der Waals surface area contributed by atoms with Gasteiger partial charge in [-0.05, 0) is 42.8 Å². The van der Waals surface area contributed by atoms with Gasteiger partial charge in [0.05, 0.1) is 23.9 Å². The first-order valence-electron chi connectivity index (χ1n) is 10.3. The minimum absolute atomic E-state index is 0.178. The van der Waals surface area contributed by atoms with E-state index in [1.807, 2.05) is 17.0 Å². The van der Waals surface area contributed by atoms with Crippen LogP contribution >= 0.6 is 12.2 Å². The average Bonchev–Trinajstić information content (AvgIpc) is 2.81. The number of carbonyl (C=O) groups is 3. The highest BCUT2D eigenvalue weighted by atomic mass is 32.1. The van der Waals surface area contributed by atoms with Crippen LogP contribution in [0, 0.1) is 0 Å².